The lowest BCUT2D eigenvalue weighted by Crippen LogP contribution is -2.14. The summed E-state index contributed by atoms with van der Waals surface area (Å²) in [5.74, 6) is 0.401. The summed E-state index contributed by atoms with van der Waals surface area (Å²) in [6.07, 6.45) is 1.28. The fourth-order valence-corrected chi connectivity index (χ4v) is 1.80. The largest absolute Gasteiger partial charge is 0.491 e. The van der Waals surface area contributed by atoms with Crippen molar-refractivity contribution in [3.63, 3.8) is 0 Å². The van der Waals surface area contributed by atoms with E-state index < -0.39 is 6.04 Å². The Kier molecular flexibility index (Phi) is 4.12. The van der Waals surface area contributed by atoms with Crippen LogP contribution >= 0.6 is 0 Å². The van der Waals surface area contributed by atoms with Crippen LogP contribution in [0.15, 0.2) is 42.6 Å². The van der Waals surface area contributed by atoms with E-state index in [0.29, 0.717) is 5.69 Å². The third-order valence-electron chi connectivity index (χ3n) is 2.66. The van der Waals surface area contributed by atoms with Crippen LogP contribution in [-0.2, 0) is 0 Å². The van der Waals surface area contributed by atoms with E-state index in [-0.39, 0.29) is 11.9 Å². The van der Waals surface area contributed by atoms with Gasteiger partial charge in [0.15, 0.2) is 0 Å². The predicted octanol–water partition coefficient (Wildman–Crippen LogP) is 3.06. The topological polar surface area (TPSA) is 48.1 Å². The molecule has 4 heteroatoms. The molecule has 2 rings (SSSR count). The Morgan fingerprint density at radius 1 is 1.21 bits per heavy atom. The Morgan fingerprint density at radius 3 is 2.63 bits per heavy atom. The minimum atomic E-state index is -0.392. The lowest BCUT2D eigenvalue weighted by Gasteiger charge is -2.14. The lowest BCUT2D eigenvalue weighted by atomic mass is 10.0. The van der Waals surface area contributed by atoms with Gasteiger partial charge in [-0.25, -0.2) is 4.39 Å². The third kappa shape index (κ3) is 3.51. The van der Waals surface area contributed by atoms with Crippen LogP contribution in [0.25, 0.3) is 0 Å². The van der Waals surface area contributed by atoms with Gasteiger partial charge in [0.1, 0.15) is 11.6 Å². The number of rotatable bonds is 4. The second-order valence-corrected chi connectivity index (χ2v) is 4.62. The molecule has 0 amide bonds. The van der Waals surface area contributed by atoms with E-state index in [2.05, 4.69) is 4.98 Å². The summed E-state index contributed by atoms with van der Waals surface area (Å²) in [7, 11) is 0. The molecule has 0 aliphatic carbocycles. The zero-order valence-electron chi connectivity index (χ0n) is 11.0. The zero-order valence-corrected chi connectivity index (χ0v) is 11.0. The first-order valence-corrected chi connectivity index (χ1v) is 6.20. The Bertz CT molecular complexity index is 540. The molecule has 100 valence electrons. The summed E-state index contributed by atoms with van der Waals surface area (Å²) in [6, 6.07) is 10.1. The minimum Gasteiger partial charge on any atom is -0.491 e. The number of aromatic nitrogens is 1. The highest BCUT2D eigenvalue weighted by molar-refractivity contribution is 5.34. The summed E-state index contributed by atoms with van der Waals surface area (Å²) in [5.41, 5.74) is 7.64. The Morgan fingerprint density at radius 2 is 2.00 bits per heavy atom. The molecule has 1 atom stereocenters. The van der Waals surface area contributed by atoms with Gasteiger partial charge in [0.05, 0.1) is 24.0 Å². The molecule has 0 saturated carbocycles. The monoisotopic (exact) mass is 260 g/mol. The molecule has 19 heavy (non-hydrogen) atoms. The van der Waals surface area contributed by atoms with Gasteiger partial charge >= 0.3 is 0 Å². The molecule has 0 saturated heterocycles. The fraction of sp³-hybridized carbons (Fsp3) is 0.267. The van der Waals surface area contributed by atoms with Crippen molar-refractivity contribution in [1.29, 1.82) is 0 Å². The average Bonchev–Trinajstić information content (AvgIpc) is 2.38. The van der Waals surface area contributed by atoms with Crippen molar-refractivity contribution in [3.8, 4) is 5.75 Å². The molecule has 1 aromatic carbocycles. The third-order valence-corrected chi connectivity index (χ3v) is 2.66. The van der Waals surface area contributed by atoms with Crippen molar-refractivity contribution in [3.05, 3.63) is 59.7 Å². The molecule has 1 heterocycles. The molecule has 0 bridgehead atoms. The van der Waals surface area contributed by atoms with Crippen molar-refractivity contribution in [2.75, 3.05) is 0 Å². The first kappa shape index (κ1) is 13.5. The molecule has 2 N–H and O–H groups in total. The van der Waals surface area contributed by atoms with Crippen molar-refractivity contribution in [1.82, 2.24) is 4.98 Å². The highest BCUT2D eigenvalue weighted by atomic mass is 19.1. The number of pyridine rings is 1. The van der Waals surface area contributed by atoms with Crippen LogP contribution in [0.4, 0.5) is 4.39 Å². The number of hydrogen-bond acceptors (Lipinski definition) is 3. The van der Waals surface area contributed by atoms with Crippen molar-refractivity contribution < 1.29 is 9.13 Å². The normalized spacial score (nSPS) is 12.5. The molecule has 1 aromatic heterocycles. The van der Waals surface area contributed by atoms with Gasteiger partial charge in [-0.15, -0.1) is 0 Å². The van der Waals surface area contributed by atoms with Crippen LogP contribution in [0.1, 0.15) is 31.1 Å². The Balaban J connectivity index is 2.23. The molecule has 2 aromatic rings. The average molecular weight is 260 g/mol. The smallest absolute Gasteiger partial charge is 0.141 e. The van der Waals surface area contributed by atoms with E-state index in [0.717, 1.165) is 11.3 Å². The van der Waals surface area contributed by atoms with Gasteiger partial charge in [-0.2, -0.15) is 0 Å². The molecule has 0 spiro atoms. The van der Waals surface area contributed by atoms with Crippen LogP contribution in [0.3, 0.4) is 0 Å². The molecule has 0 radical (unpaired) electrons. The summed E-state index contributed by atoms with van der Waals surface area (Å²) >= 11 is 0. The Hall–Kier alpha value is -1.94. The first-order chi connectivity index (χ1) is 9.06. The molecule has 0 fully saturated rings. The van der Waals surface area contributed by atoms with Gasteiger partial charge in [0, 0.05) is 0 Å². The van der Waals surface area contributed by atoms with Crippen LogP contribution < -0.4 is 10.5 Å². The standard InChI is InChI=1S/C15H17FN2O/c1-10(2)19-13-5-3-4-11(8-13)15(17)14-7-6-12(16)9-18-14/h3-10,15H,17H2,1-2H3. The summed E-state index contributed by atoms with van der Waals surface area (Å²) in [4.78, 5) is 4.00. The van der Waals surface area contributed by atoms with E-state index >= 15 is 0 Å². The summed E-state index contributed by atoms with van der Waals surface area (Å²) in [5, 5.41) is 0. The number of nitrogens with zero attached hydrogens (tertiary/aromatic N) is 1. The van der Waals surface area contributed by atoms with Gasteiger partial charge in [0.2, 0.25) is 0 Å². The Labute approximate surface area is 112 Å². The van der Waals surface area contributed by atoms with E-state index in [4.69, 9.17) is 10.5 Å². The van der Waals surface area contributed by atoms with Crippen LogP contribution in [0.2, 0.25) is 0 Å². The number of benzene rings is 1. The van der Waals surface area contributed by atoms with Crippen molar-refractivity contribution >= 4 is 0 Å². The highest BCUT2D eigenvalue weighted by Crippen LogP contribution is 2.22. The quantitative estimate of drug-likeness (QED) is 0.919. The predicted molar refractivity (Wildman–Crippen MR) is 72.4 cm³/mol. The van der Waals surface area contributed by atoms with Gasteiger partial charge < -0.3 is 10.5 Å². The van der Waals surface area contributed by atoms with E-state index in [1.165, 1.54) is 12.3 Å². The maximum absolute atomic E-state index is 12.8. The van der Waals surface area contributed by atoms with Crippen LogP contribution in [0, 0.1) is 5.82 Å². The van der Waals surface area contributed by atoms with Crippen LogP contribution in [-0.4, -0.2) is 11.1 Å². The number of nitrogens with two attached hydrogens (primary N) is 1. The summed E-state index contributed by atoms with van der Waals surface area (Å²) < 4.78 is 18.5. The van der Waals surface area contributed by atoms with E-state index in [9.17, 15) is 4.39 Å². The number of halogens is 1. The second kappa shape index (κ2) is 5.80. The molecular weight excluding hydrogens is 243 g/mol. The highest BCUT2D eigenvalue weighted by Gasteiger charge is 2.11. The lowest BCUT2D eigenvalue weighted by molar-refractivity contribution is 0.242. The molecule has 1 unspecified atom stereocenters. The maximum atomic E-state index is 12.8. The first-order valence-electron chi connectivity index (χ1n) is 6.20. The molecule has 0 aliphatic heterocycles. The van der Waals surface area contributed by atoms with Gasteiger partial charge in [0.25, 0.3) is 0 Å². The van der Waals surface area contributed by atoms with Crippen molar-refractivity contribution in [2.24, 2.45) is 5.73 Å². The zero-order chi connectivity index (χ0) is 13.8. The second-order valence-electron chi connectivity index (χ2n) is 4.62. The van der Waals surface area contributed by atoms with Gasteiger partial charge in [-0.1, -0.05) is 12.1 Å². The molecule has 0 aliphatic rings. The summed E-state index contributed by atoms with van der Waals surface area (Å²) in [6.45, 7) is 3.93. The van der Waals surface area contributed by atoms with Gasteiger partial charge in [-0.05, 0) is 43.7 Å². The van der Waals surface area contributed by atoms with Crippen LogP contribution in [0.5, 0.6) is 5.75 Å². The number of hydrogen-bond donors (Lipinski definition) is 1. The fourth-order valence-electron chi connectivity index (χ4n) is 1.80. The minimum absolute atomic E-state index is 0.107. The molecule has 3 nitrogen and oxygen atoms in total. The molecular formula is C15H17FN2O. The van der Waals surface area contributed by atoms with E-state index in [1.54, 1.807) is 6.07 Å². The van der Waals surface area contributed by atoms with Gasteiger partial charge in [-0.3, -0.25) is 4.98 Å². The SMILES string of the molecule is CC(C)Oc1cccc(C(N)c2ccc(F)cn2)c1. The maximum Gasteiger partial charge on any atom is 0.141 e. The van der Waals surface area contributed by atoms with Crippen molar-refractivity contribution in [2.45, 2.75) is 26.0 Å². The van der Waals surface area contributed by atoms with E-state index in [1.807, 2.05) is 38.1 Å². The number of ether oxygens (including phenoxy) is 1.